The van der Waals surface area contributed by atoms with Gasteiger partial charge in [-0.05, 0) is 17.5 Å². The first-order valence-electron chi connectivity index (χ1n) is 8.27. The molecule has 1 aromatic carbocycles. The number of hydrogen-bond donors (Lipinski definition) is 2. The lowest BCUT2D eigenvalue weighted by Gasteiger charge is -2.10. The number of anilines is 1. The van der Waals surface area contributed by atoms with Crippen LogP contribution < -0.4 is 17.0 Å². The number of thiophene rings is 1. The number of aromatic amines is 1. The van der Waals surface area contributed by atoms with Crippen LogP contribution in [0.15, 0.2) is 51.4 Å². The minimum Gasteiger partial charge on any atom is -0.454 e. The van der Waals surface area contributed by atoms with Crippen LogP contribution in [0.2, 0.25) is 0 Å². The minimum atomic E-state index is -0.972. The van der Waals surface area contributed by atoms with Crippen molar-refractivity contribution in [3.8, 4) is 0 Å². The van der Waals surface area contributed by atoms with Gasteiger partial charge in [-0.15, -0.1) is 11.3 Å². The molecule has 10 heteroatoms. The molecule has 2 aromatic heterocycles. The fourth-order valence-electron chi connectivity index (χ4n) is 2.59. The first kappa shape index (κ1) is 20.0. The molecule has 0 fully saturated rings. The minimum absolute atomic E-state index is 0.0129. The normalized spacial score (nSPS) is 10.5. The van der Waals surface area contributed by atoms with Crippen molar-refractivity contribution in [1.82, 2.24) is 9.55 Å². The summed E-state index contributed by atoms with van der Waals surface area (Å²) in [6, 6.07) is 9.39. The van der Waals surface area contributed by atoms with E-state index in [1.807, 2.05) is 4.98 Å². The van der Waals surface area contributed by atoms with Crippen molar-refractivity contribution in [2.75, 3.05) is 12.3 Å². The second-order valence-corrected chi connectivity index (χ2v) is 6.88. The molecule has 148 valence electrons. The van der Waals surface area contributed by atoms with Crippen molar-refractivity contribution in [1.29, 1.82) is 0 Å². The molecule has 29 heavy (non-hydrogen) atoms. The Bertz CT molecular complexity index is 1220. The number of ketones is 2. The van der Waals surface area contributed by atoms with Crippen molar-refractivity contribution in [2.24, 2.45) is 7.05 Å². The van der Waals surface area contributed by atoms with E-state index >= 15 is 0 Å². The Labute approximate surface area is 167 Å². The number of carbonyl (C=O) groups is 3. The number of esters is 1. The Balaban J connectivity index is 1.82. The van der Waals surface area contributed by atoms with Crippen LogP contribution in [0.1, 0.15) is 36.0 Å². The maximum Gasteiger partial charge on any atom is 0.339 e. The van der Waals surface area contributed by atoms with Gasteiger partial charge in [-0.1, -0.05) is 24.3 Å². The number of nitrogen functional groups attached to an aromatic ring is 1. The molecule has 3 rings (SSSR count). The van der Waals surface area contributed by atoms with Gasteiger partial charge in [-0.25, -0.2) is 9.59 Å². The lowest BCUT2D eigenvalue weighted by atomic mass is 10.0. The Kier molecular flexibility index (Phi) is 5.55. The van der Waals surface area contributed by atoms with Crippen molar-refractivity contribution in [2.45, 2.75) is 0 Å². The maximum atomic E-state index is 12.6. The van der Waals surface area contributed by atoms with Crippen LogP contribution in [-0.4, -0.2) is 33.7 Å². The zero-order valence-corrected chi connectivity index (χ0v) is 15.9. The van der Waals surface area contributed by atoms with E-state index in [1.54, 1.807) is 29.6 Å². The fourth-order valence-corrected chi connectivity index (χ4v) is 3.26. The molecule has 0 aliphatic carbocycles. The van der Waals surface area contributed by atoms with Crippen molar-refractivity contribution in [3.05, 3.63) is 84.2 Å². The number of aromatic nitrogens is 2. The van der Waals surface area contributed by atoms with Gasteiger partial charge in [0.05, 0.1) is 10.4 Å². The van der Waals surface area contributed by atoms with E-state index in [0.29, 0.717) is 4.88 Å². The van der Waals surface area contributed by atoms with Gasteiger partial charge in [0.15, 0.2) is 6.61 Å². The second kappa shape index (κ2) is 8.07. The average molecular weight is 413 g/mol. The maximum absolute atomic E-state index is 12.6. The van der Waals surface area contributed by atoms with Crippen LogP contribution >= 0.6 is 11.3 Å². The lowest BCUT2D eigenvalue weighted by Crippen LogP contribution is -2.35. The molecule has 3 aromatic rings. The molecule has 0 spiro atoms. The summed E-state index contributed by atoms with van der Waals surface area (Å²) >= 11 is 1.23. The molecule has 9 nitrogen and oxygen atoms in total. The van der Waals surface area contributed by atoms with E-state index in [4.69, 9.17) is 10.5 Å². The van der Waals surface area contributed by atoms with Crippen LogP contribution in [-0.2, 0) is 11.8 Å². The predicted molar refractivity (Wildman–Crippen MR) is 106 cm³/mol. The molecule has 0 atom stereocenters. The molecular weight excluding hydrogens is 398 g/mol. The second-order valence-electron chi connectivity index (χ2n) is 5.93. The third-order valence-corrected chi connectivity index (χ3v) is 4.99. The summed E-state index contributed by atoms with van der Waals surface area (Å²) in [5.74, 6) is -2.47. The summed E-state index contributed by atoms with van der Waals surface area (Å²) in [4.78, 5) is 63.2. The first-order valence-corrected chi connectivity index (χ1v) is 9.15. The highest BCUT2D eigenvalue weighted by Gasteiger charge is 2.23. The smallest absolute Gasteiger partial charge is 0.339 e. The molecule has 2 heterocycles. The standard InChI is InChI=1S/C19H15N3O6S/c1-22-16(20)14(17(25)21-19(22)27)12(23)9-28-18(26)11-6-3-2-5-10(11)15(24)13-7-4-8-29-13/h2-8H,9,20H2,1H3,(H,21,25,27). The molecule has 0 bridgehead atoms. The SMILES string of the molecule is Cn1c(N)c(C(=O)COC(=O)c2ccccc2C(=O)c2cccs2)c(=O)[nH]c1=O. The molecule has 0 saturated carbocycles. The quantitative estimate of drug-likeness (QED) is 0.453. The number of Topliss-reactive ketones (excluding diaryl/α,β-unsaturated/α-hetero) is 1. The molecule has 3 N–H and O–H groups in total. The van der Waals surface area contributed by atoms with Gasteiger partial charge >= 0.3 is 11.7 Å². The largest absolute Gasteiger partial charge is 0.454 e. The number of hydrogen-bond acceptors (Lipinski definition) is 8. The Hall–Kier alpha value is -3.79. The zero-order chi connectivity index (χ0) is 21.1. The first-order chi connectivity index (χ1) is 13.8. The van der Waals surface area contributed by atoms with Crippen LogP contribution in [0.3, 0.4) is 0 Å². The highest BCUT2D eigenvalue weighted by Crippen LogP contribution is 2.19. The average Bonchev–Trinajstić information content (AvgIpc) is 3.24. The lowest BCUT2D eigenvalue weighted by molar-refractivity contribution is 0.0472. The zero-order valence-electron chi connectivity index (χ0n) is 15.1. The number of nitrogens with zero attached hydrogens (tertiary/aromatic N) is 1. The van der Waals surface area contributed by atoms with E-state index in [2.05, 4.69) is 0 Å². The number of H-pyrrole nitrogens is 1. The van der Waals surface area contributed by atoms with E-state index in [0.717, 1.165) is 4.57 Å². The van der Waals surface area contributed by atoms with E-state index < -0.39 is 35.2 Å². The van der Waals surface area contributed by atoms with Crippen LogP contribution in [0.25, 0.3) is 0 Å². The number of ether oxygens (including phenoxy) is 1. The monoisotopic (exact) mass is 413 g/mol. The summed E-state index contributed by atoms with van der Waals surface area (Å²) in [5, 5.41) is 1.74. The number of nitrogens with one attached hydrogen (secondary N) is 1. The third-order valence-electron chi connectivity index (χ3n) is 4.12. The van der Waals surface area contributed by atoms with Gasteiger partial charge in [0.1, 0.15) is 11.4 Å². The highest BCUT2D eigenvalue weighted by molar-refractivity contribution is 7.12. The fraction of sp³-hybridized carbons (Fsp3) is 0.105. The summed E-state index contributed by atoms with van der Waals surface area (Å²) in [6.45, 7) is -0.786. The van der Waals surface area contributed by atoms with Gasteiger partial charge < -0.3 is 10.5 Å². The number of carbonyl (C=O) groups excluding carboxylic acids is 3. The molecule has 0 aliphatic rings. The van der Waals surface area contributed by atoms with Crippen LogP contribution in [0.5, 0.6) is 0 Å². The van der Waals surface area contributed by atoms with Gasteiger partial charge in [0.2, 0.25) is 11.6 Å². The molecular formula is C19H15N3O6S. The molecule has 0 radical (unpaired) electrons. The van der Waals surface area contributed by atoms with Crippen LogP contribution in [0, 0.1) is 0 Å². The van der Waals surface area contributed by atoms with Gasteiger partial charge in [-0.2, -0.15) is 0 Å². The van der Waals surface area contributed by atoms with E-state index in [-0.39, 0.29) is 22.7 Å². The summed E-state index contributed by atoms with van der Waals surface area (Å²) in [6.07, 6.45) is 0. The number of benzene rings is 1. The Morgan fingerprint density at radius 1 is 1.10 bits per heavy atom. The van der Waals surface area contributed by atoms with Crippen molar-refractivity contribution < 1.29 is 19.1 Å². The van der Waals surface area contributed by atoms with Crippen LogP contribution in [0.4, 0.5) is 5.82 Å². The number of rotatable bonds is 6. The predicted octanol–water partition coefficient (Wildman–Crippen LogP) is 0.988. The van der Waals surface area contributed by atoms with E-state index in [1.165, 1.54) is 30.5 Å². The molecule has 0 unspecified atom stereocenters. The molecule has 0 saturated heterocycles. The Morgan fingerprint density at radius 3 is 2.45 bits per heavy atom. The van der Waals surface area contributed by atoms with Gasteiger partial charge in [0.25, 0.3) is 5.56 Å². The van der Waals surface area contributed by atoms with Gasteiger partial charge in [-0.3, -0.25) is 23.9 Å². The van der Waals surface area contributed by atoms with Crippen molar-refractivity contribution >= 4 is 34.7 Å². The van der Waals surface area contributed by atoms with E-state index in [9.17, 15) is 24.0 Å². The number of nitrogens with two attached hydrogens (primary N) is 1. The van der Waals surface area contributed by atoms with Crippen molar-refractivity contribution in [3.63, 3.8) is 0 Å². The molecule has 0 aliphatic heterocycles. The van der Waals surface area contributed by atoms with Gasteiger partial charge in [0, 0.05) is 12.6 Å². The Morgan fingerprint density at radius 2 is 1.79 bits per heavy atom. The topological polar surface area (TPSA) is 141 Å². The highest BCUT2D eigenvalue weighted by atomic mass is 32.1. The summed E-state index contributed by atoms with van der Waals surface area (Å²) < 4.78 is 5.89. The summed E-state index contributed by atoms with van der Waals surface area (Å²) in [5.41, 5.74) is 3.55. The third kappa shape index (κ3) is 3.92. The molecule has 0 amide bonds. The summed E-state index contributed by atoms with van der Waals surface area (Å²) in [7, 11) is 1.28.